The van der Waals surface area contributed by atoms with Crippen LogP contribution in [-0.2, 0) is 6.42 Å². The third kappa shape index (κ3) is 3.58. The van der Waals surface area contributed by atoms with Crippen LogP contribution in [0.2, 0.25) is 0 Å². The molecule has 0 heterocycles. The van der Waals surface area contributed by atoms with Crippen molar-refractivity contribution in [3.63, 3.8) is 0 Å². The number of hydrogen-bond acceptors (Lipinski definition) is 1. The van der Waals surface area contributed by atoms with Crippen molar-refractivity contribution in [3.05, 3.63) is 28.8 Å². The van der Waals surface area contributed by atoms with E-state index in [0.29, 0.717) is 5.75 Å². The SMILES string of the molecule is CCCCCCc1c(C)cc(O)cc1C. The minimum absolute atomic E-state index is 0.391. The Balaban J connectivity index is 2.60. The van der Waals surface area contributed by atoms with Crippen molar-refractivity contribution < 1.29 is 5.11 Å². The summed E-state index contributed by atoms with van der Waals surface area (Å²) in [7, 11) is 0. The molecule has 0 saturated heterocycles. The quantitative estimate of drug-likeness (QED) is 0.718. The van der Waals surface area contributed by atoms with Crippen molar-refractivity contribution in [2.75, 3.05) is 0 Å². The van der Waals surface area contributed by atoms with Crippen LogP contribution in [0, 0.1) is 13.8 Å². The van der Waals surface area contributed by atoms with Crippen molar-refractivity contribution >= 4 is 0 Å². The van der Waals surface area contributed by atoms with Gasteiger partial charge < -0.3 is 5.11 Å². The lowest BCUT2D eigenvalue weighted by Gasteiger charge is -2.10. The van der Waals surface area contributed by atoms with Crippen LogP contribution in [-0.4, -0.2) is 5.11 Å². The van der Waals surface area contributed by atoms with E-state index < -0.39 is 0 Å². The highest BCUT2D eigenvalue weighted by atomic mass is 16.3. The van der Waals surface area contributed by atoms with Crippen LogP contribution < -0.4 is 0 Å². The minimum Gasteiger partial charge on any atom is -0.508 e. The molecule has 1 rings (SSSR count). The fraction of sp³-hybridized carbons (Fsp3) is 0.571. The molecule has 0 saturated carbocycles. The van der Waals surface area contributed by atoms with E-state index in [4.69, 9.17) is 0 Å². The maximum Gasteiger partial charge on any atom is 0.116 e. The molecule has 0 bridgehead atoms. The van der Waals surface area contributed by atoms with Crippen LogP contribution >= 0.6 is 0 Å². The van der Waals surface area contributed by atoms with E-state index in [0.717, 1.165) is 6.42 Å². The summed E-state index contributed by atoms with van der Waals surface area (Å²) >= 11 is 0. The molecule has 0 fully saturated rings. The van der Waals surface area contributed by atoms with E-state index in [2.05, 4.69) is 20.8 Å². The van der Waals surface area contributed by atoms with Crippen LogP contribution in [0.15, 0.2) is 12.1 Å². The fourth-order valence-electron chi connectivity index (χ4n) is 2.09. The predicted molar refractivity (Wildman–Crippen MR) is 65.4 cm³/mol. The highest BCUT2D eigenvalue weighted by Crippen LogP contribution is 2.22. The number of rotatable bonds is 5. The average Bonchev–Trinajstić information content (AvgIpc) is 2.15. The second-order valence-corrected chi connectivity index (χ2v) is 4.37. The maximum absolute atomic E-state index is 9.43. The Morgan fingerprint density at radius 2 is 1.60 bits per heavy atom. The van der Waals surface area contributed by atoms with Crippen molar-refractivity contribution in [1.82, 2.24) is 0 Å². The number of benzene rings is 1. The van der Waals surface area contributed by atoms with Gasteiger partial charge in [-0.3, -0.25) is 0 Å². The number of aryl methyl sites for hydroxylation is 2. The van der Waals surface area contributed by atoms with Crippen molar-refractivity contribution in [2.24, 2.45) is 0 Å². The molecule has 0 aromatic heterocycles. The van der Waals surface area contributed by atoms with E-state index >= 15 is 0 Å². The monoisotopic (exact) mass is 206 g/mol. The summed E-state index contributed by atoms with van der Waals surface area (Å²) in [5.41, 5.74) is 3.87. The molecule has 0 unspecified atom stereocenters. The highest BCUT2D eigenvalue weighted by molar-refractivity contribution is 5.40. The van der Waals surface area contributed by atoms with E-state index in [9.17, 15) is 5.11 Å². The van der Waals surface area contributed by atoms with Gasteiger partial charge >= 0.3 is 0 Å². The maximum atomic E-state index is 9.43. The first-order valence-electron chi connectivity index (χ1n) is 5.94. The Hall–Kier alpha value is -0.980. The summed E-state index contributed by atoms with van der Waals surface area (Å²) < 4.78 is 0. The molecule has 1 aromatic carbocycles. The average molecular weight is 206 g/mol. The Morgan fingerprint density at radius 3 is 2.13 bits per heavy atom. The standard InChI is InChI=1S/C14H22O/c1-4-5-6-7-8-14-11(2)9-13(15)10-12(14)3/h9-10,15H,4-8H2,1-3H3. The van der Waals surface area contributed by atoms with Crippen LogP contribution in [0.1, 0.15) is 49.3 Å². The normalized spacial score (nSPS) is 10.6. The molecular formula is C14H22O. The van der Waals surface area contributed by atoms with Crippen LogP contribution in [0.4, 0.5) is 0 Å². The van der Waals surface area contributed by atoms with Gasteiger partial charge in [-0.1, -0.05) is 26.2 Å². The van der Waals surface area contributed by atoms with Crippen molar-refractivity contribution in [3.8, 4) is 5.75 Å². The number of phenolic OH excluding ortho intramolecular Hbond substituents is 1. The van der Waals surface area contributed by atoms with Gasteiger partial charge in [-0.15, -0.1) is 0 Å². The first-order chi connectivity index (χ1) is 7.15. The zero-order valence-corrected chi connectivity index (χ0v) is 10.1. The molecule has 0 amide bonds. The van der Waals surface area contributed by atoms with Gasteiger partial charge in [0.1, 0.15) is 5.75 Å². The summed E-state index contributed by atoms with van der Waals surface area (Å²) in [5, 5.41) is 9.43. The van der Waals surface area contributed by atoms with E-state index in [1.807, 2.05) is 12.1 Å². The van der Waals surface area contributed by atoms with Gasteiger partial charge in [-0.2, -0.15) is 0 Å². The van der Waals surface area contributed by atoms with Crippen LogP contribution in [0.5, 0.6) is 5.75 Å². The molecular weight excluding hydrogens is 184 g/mol. The van der Waals surface area contributed by atoms with Gasteiger partial charge in [0.2, 0.25) is 0 Å². The molecule has 0 aliphatic carbocycles. The molecule has 1 nitrogen and oxygen atoms in total. The Kier molecular flexibility index (Phi) is 4.67. The molecule has 0 radical (unpaired) electrons. The third-order valence-electron chi connectivity index (χ3n) is 2.96. The number of phenols is 1. The van der Waals surface area contributed by atoms with Gasteiger partial charge in [-0.05, 0) is 55.5 Å². The molecule has 0 spiro atoms. The fourth-order valence-corrected chi connectivity index (χ4v) is 2.09. The van der Waals surface area contributed by atoms with Crippen molar-refractivity contribution in [1.29, 1.82) is 0 Å². The lowest BCUT2D eigenvalue weighted by Crippen LogP contribution is -1.94. The molecule has 0 aliphatic rings. The molecule has 84 valence electrons. The summed E-state index contributed by atoms with van der Waals surface area (Å²) in [5.74, 6) is 0.391. The molecule has 15 heavy (non-hydrogen) atoms. The van der Waals surface area contributed by atoms with Gasteiger partial charge in [0.15, 0.2) is 0 Å². The number of unbranched alkanes of at least 4 members (excludes halogenated alkanes) is 3. The summed E-state index contributed by atoms with van der Waals surface area (Å²) in [6, 6.07) is 3.73. The van der Waals surface area contributed by atoms with Crippen molar-refractivity contribution in [2.45, 2.75) is 52.9 Å². The molecule has 1 heteroatoms. The van der Waals surface area contributed by atoms with E-state index in [1.54, 1.807) is 0 Å². The van der Waals surface area contributed by atoms with Gasteiger partial charge in [0, 0.05) is 0 Å². The van der Waals surface area contributed by atoms with Gasteiger partial charge in [0.25, 0.3) is 0 Å². The summed E-state index contributed by atoms with van der Waals surface area (Å²) in [4.78, 5) is 0. The minimum atomic E-state index is 0.391. The zero-order valence-electron chi connectivity index (χ0n) is 10.1. The molecule has 0 aliphatic heterocycles. The summed E-state index contributed by atoms with van der Waals surface area (Å²) in [6.45, 7) is 6.40. The Morgan fingerprint density at radius 1 is 1.00 bits per heavy atom. The predicted octanol–water partition coefficient (Wildman–Crippen LogP) is 4.13. The van der Waals surface area contributed by atoms with E-state index in [1.165, 1.54) is 42.4 Å². The Bertz CT molecular complexity index is 292. The molecule has 1 aromatic rings. The zero-order chi connectivity index (χ0) is 11.3. The first kappa shape index (κ1) is 12.1. The third-order valence-corrected chi connectivity index (χ3v) is 2.96. The van der Waals surface area contributed by atoms with Gasteiger partial charge in [0.05, 0.1) is 0 Å². The lowest BCUT2D eigenvalue weighted by atomic mass is 9.97. The van der Waals surface area contributed by atoms with Gasteiger partial charge in [-0.25, -0.2) is 0 Å². The molecule has 1 N–H and O–H groups in total. The number of aromatic hydroxyl groups is 1. The van der Waals surface area contributed by atoms with Crippen LogP contribution in [0.25, 0.3) is 0 Å². The first-order valence-corrected chi connectivity index (χ1v) is 5.94. The molecule has 0 atom stereocenters. The second kappa shape index (κ2) is 5.79. The topological polar surface area (TPSA) is 20.2 Å². The second-order valence-electron chi connectivity index (χ2n) is 4.37. The van der Waals surface area contributed by atoms with E-state index in [-0.39, 0.29) is 0 Å². The summed E-state index contributed by atoms with van der Waals surface area (Å²) in [6.07, 6.45) is 6.35. The number of hydrogen-bond donors (Lipinski definition) is 1. The highest BCUT2D eigenvalue weighted by Gasteiger charge is 2.04. The Labute approximate surface area is 93.1 Å². The van der Waals surface area contributed by atoms with Crippen LogP contribution in [0.3, 0.4) is 0 Å². The lowest BCUT2D eigenvalue weighted by molar-refractivity contribution is 0.474. The smallest absolute Gasteiger partial charge is 0.116 e. The largest absolute Gasteiger partial charge is 0.508 e.